The molecule has 0 aliphatic carbocycles. The molecule has 4 heterocycles. The normalized spacial score (nSPS) is 18.0. The molecule has 11 nitrogen and oxygen atoms in total. The summed E-state index contributed by atoms with van der Waals surface area (Å²) >= 11 is 0. The Kier molecular flexibility index (Phi) is 5.89. The molecule has 1 N–H and O–H groups in total. The van der Waals surface area contributed by atoms with Crippen LogP contribution in [0.2, 0.25) is 0 Å². The van der Waals surface area contributed by atoms with E-state index in [1.807, 2.05) is 6.07 Å². The molecule has 0 saturated carbocycles. The fourth-order valence-corrected chi connectivity index (χ4v) is 5.67. The zero-order valence-electron chi connectivity index (χ0n) is 17.9. The van der Waals surface area contributed by atoms with Gasteiger partial charge in [0.25, 0.3) is 0 Å². The van der Waals surface area contributed by atoms with Gasteiger partial charge < -0.3 is 9.80 Å². The van der Waals surface area contributed by atoms with Gasteiger partial charge in [0.05, 0.1) is 10.5 Å². The maximum absolute atomic E-state index is 14.2. The lowest BCUT2D eigenvalue weighted by Crippen LogP contribution is -2.49. The van der Waals surface area contributed by atoms with E-state index in [1.54, 1.807) is 6.33 Å². The zero-order chi connectivity index (χ0) is 22.8. The molecule has 174 valence electrons. The van der Waals surface area contributed by atoms with Crippen molar-refractivity contribution >= 4 is 21.7 Å². The second kappa shape index (κ2) is 8.98. The molecule has 1 aromatic carbocycles. The molecular weight excluding hydrogens is 449 g/mol. The number of sulfonamides is 1. The molecule has 0 amide bonds. The molecule has 0 atom stereocenters. The van der Waals surface area contributed by atoms with Crippen LogP contribution in [0.25, 0.3) is 11.4 Å². The molecule has 2 aliphatic rings. The monoisotopic (exact) mass is 473 g/mol. The number of halogens is 1. The molecule has 0 spiro atoms. The number of H-pyrrole nitrogens is 1. The van der Waals surface area contributed by atoms with Crippen LogP contribution in [0, 0.1) is 5.82 Å². The number of nitrogens with zero attached hydrogens (tertiary/aromatic N) is 8. The second-order valence-electron chi connectivity index (χ2n) is 8.05. The van der Waals surface area contributed by atoms with E-state index < -0.39 is 15.8 Å². The van der Waals surface area contributed by atoms with Crippen molar-refractivity contribution in [3.8, 4) is 11.4 Å². The molecule has 0 unspecified atom stereocenters. The topological polar surface area (TPSA) is 124 Å². The Hall–Kier alpha value is -3.19. The number of aromatic amines is 1. The number of anilines is 2. The Bertz CT molecular complexity index is 1210. The van der Waals surface area contributed by atoms with Crippen LogP contribution in [-0.2, 0) is 10.0 Å². The Labute approximate surface area is 190 Å². The van der Waals surface area contributed by atoms with Crippen LogP contribution in [-0.4, -0.2) is 82.6 Å². The zero-order valence-corrected chi connectivity index (χ0v) is 18.7. The van der Waals surface area contributed by atoms with E-state index in [0.29, 0.717) is 26.2 Å². The van der Waals surface area contributed by atoms with Crippen LogP contribution in [0.5, 0.6) is 0 Å². The minimum absolute atomic E-state index is 0.00244. The van der Waals surface area contributed by atoms with Crippen molar-refractivity contribution in [3.63, 3.8) is 0 Å². The summed E-state index contributed by atoms with van der Waals surface area (Å²) in [7, 11) is -3.81. The van der Waals surface area contributed by atoms with Gasteiger partial charge >= 0.3 is 0 Å². The summed E-state index contributed by atoms with van der Waals surface area (Å²) in [6.45, 7) is 3.56. The fourth-order valence-electron chi connectivity index (χ4n) is 4.22. The van der Waals surface area contributed by atoms with Gasteiger partial charge in [0.15, 0.2) is 0 Å². The predicted octanol–water partition coefficient (Wildman–Crippen LogP) is 1.30. The summed E-state index contributed by atoms with van der Waals surface area (Å²) in [6.07, 6.45) is 5.14. The highest BCUT2D eigenvalue weighted by Crippen LogP contribution is 2.26. The van der Waals surface area contributed by atoms with E-state index in [9.17, 15) is 12.8 Å². The molecule has 0 radical (unpaired) electrons. The summed E-state index contributed by atoms with van der Waals surface area (Å²) < 4.78 is 42.0. The number of nitrogens with one attached hydrogen (secondary N) is 1. The fraction of sp³-hybridized carbons (Fsp3) is 0.450. The number of piperazine rings is 1. The van der Waals surface area contributed by atoms with E-state index in [-0.39, 0.29) is 16.3 Å². The van der Waals surface area contributed by atoms with Gasteiger partial charge in [0, 0.05) is 45.3 Å². The van der Waals surface area contributed by atoms with Gasteiger partial charge in [0.2, 0.25) is 15.8 Å². The summed E-state index contributed by atoms with van der Waals surface area (Å²) in [5, 5.41) is 13.2. The number of hydrogen-bond donors (Lipinski definition) is 1. The van der Waals surface area contributed by atoms with Crippen molar-refractivity contribution < 1.29 is 12.8 Å². The highest BCUT2D eigenvalue weighted by atomic mass is 32.2. The van der Waals surface area contributed by atoms with E-state index in [2.05, 4.69) is 40.4 Å². The van der Waals surface area contributed by atoms with Gasteiger partial charge in [-0.3, -0.25) is 0 Å². The Morgan fingerprint density at radius 3 is 2.24 bits per heavy atom. The van der Waals surface area contributed by atoms with E-state index >= 15 is 0 Å². The highest BCUT2D eigenvalue weighted by molar-refractivity contribution is 7.89. The third kappa shape index (κ3) is 4.37. The highest BCUT2D eigenvalue weighted by Gasteiger charge is 2.30. The van der Waals surface area contributed by atoms with Crippen LogP contribution in [0.15, 0.2) is 35.5 Å². The molecule has 5 rings (SSSR count). The van der Waals surface area contributed by atoms with Crippen molar-refractivity contribution in [2.45, 2.75) is 24.2 Å². The van der Waals surface area contributed by atoms with Gasteiger partial charge in [0.1, 0.15) is 23.8 Å². The number of piperidine rings is 1. The second-order valence-corrected chi connectivity index (χ2v) is 9.99. The summed E-state index contributed by atoms with van der Waals surface area (Å²) in [4.78, 5) is 13.2. The van der Waals surface area contributed by atoms with Crippen LogP contribution in [0.1, 0.15) is 19.3 Å². The van der Waals surface area contributed by atoms with E-state index in [0.717, 1.165) is 43.6 Å². The largest absolute Gasteiger partial charge is 0.356 e. The van der Waals surface area contributed by atoms with Gasteiger partial charge in [-0.25, -0.2) is 22.8 Å². The summed E-state index contributed by atoms with van der Waals surface area (Å²) in [5.41, 5.74) is -0.0188. The Morgan fingerprint density at radius 2 is 1.58 bits per heavy atom. The number of tetrazole rings is 1. The maximum Gasteiger partial charge on any atom is 0.243 e. The van der Waals surface area contributed by atoms with Gasteiger partial charge in [-0.1, -0.05) is 0 Å². The van der Waals surface area contributed by atoms with E-state index in [1.165, 1.54) is 22.9 Å². The average molecular weight is 474 g/mol. The first-order valence-electron chi connectivity index (χ1n) is 10.9. The lowest BCUT2D eigenvalue weighted by atomic mass is 10.1. The predicted molar refractivity (Wildman–Crippen MR) is 119 cm³/mol. The van der Waals surface area contributed by atoms with E-state index in [4.69, 9.17) is 0 Å². The third-order valence-electron chi connectivity index (χ3n) is 6.04. The van der Waals surface area contributed by atoms with Crippen molar-refractivity contribution in [1.29, 1.82) is 0 Å². The first-order valence-corrected chi connectivity index (χ1v) is 12.3. The lowest BCUT2D eigenvalue weighted by molar-refractivity contribution is 0.383. The van der Waals surface area contributed by atoms with Crippen LogP contribution in [0.4, 0.5) is 16.0 Å². The number of rotatable bonds is 5. The van der Waals surface area contributed by atoms with Crippen LogP contribution >= 0.6 is 0 Å². The van der Waals surface area contributed by atoms with Crippen molar-refractivity contribution in [1.82, 2.24) is 34.9 Å². The number of hydrogen-bond acceptors (Lipinski definition) is 9. The quantitative estimate of drug-likeness (QED) is 0.584. The molecule has 0 bridgehead atoms. The van der Waals surface area contributed by atoms with Crippen LogP contribution in [0.3, 0.4) is 0 Å². The maximum atomic E-state index is 14.2. The van der Waals surface area contributed by atoms with Gasteiger partial charge in [-0.2, -0.15) is 9.52 Å². The molecule has 2 fully saturated rings. The molecule has 2 saturated heterocycles. The minimum Gasteiger partial charge on any atom is -0.356 e. The first-order chi connectivity index (χ1) is 16.0. The van der Waals surface area contributed by atoms with Gasteiger partial charge in [-0.15, -0.1) is 10.2 Å². The smallest absolute Gasteiger partial charge is 0.243 e. The average Bonchev–Trinajstić information content (AvgIpc) is 3.40. The molecule has 33 heavy (non-hydrogen) atoms. The molecule has 13 heteroatoms. The third-order valence-corrected chi connectivity index (χ3v) is 7.94. The van der Waals surface area contributed by atoms with Gasteiger partial charge in [-0.05, 0) is 42.7 Å². The standard InChI is InChI=1S/C20H24FN9O2S/c21-17-5-4-15(12-16(17)20-24-26-27-25-20)33(31,32)30-10-8-29(9-11-30)19-13-18(22-14-23-19)28-6-2-1-3-7-28/h4-5,12-14H,1-3,6-11H2,(H,24,25,26,27). The SMILES string of the molecule is O=S(=O)(c1ccc(F)c(-c2nn[nH]n2)c1)N1CCN(c2cc(N3CCCCC3)ncn2)CC1. The first kappa shape index (κ1) is 21.6. The molecule has 2 aliphatic heterocycles. The van der Waals surface area contributed by atoms with Crippen LogP contribution < -0.4 is 9.80 Å². The lowest BCUT2D eigenvalue weighted by Gasteiger charge is -2.35. The summed E-state index contributed by atoms with van der Waals surface area (Å²) in [6, 6.07) is 5.59. The minimum atomic E-state index is -3.81. The molecule has 2 aromatic heterocycles. The Balaban J connectivity index is 1.30. The molecular formula is C20H24FN9O2S. The van der Waals surface area contributed by atoms with Crippen molar-refractivity contribution in [2.24, 2.45) is 0 Å². The van der Waals surface area contributed by atoms with Crippen molar-refractivity contribution in [3.05, 3.63) is 36.4 Å². The molecule has 3 aromatic rings. The Morgan fingerprint density at radius 1 is 0.879 bits per heavy atom. The number of aromatic nitrogens is 6. The van der Waals surface area contributed by atoms with Crippen molar-refractivity contribution in [2.75, 3.05) is 49.1 Å². The number of benzene rings is 1. The summed E-state index contributed by atoms with van der Waals surface area (Å²) in [5.74, 6) is 1.09.